The first-order chi connectivity index (χ1) is 9.84. The number of nitrogens with one attached hydrogen (secondary N) is 1. The summed E-state index contributed by atoms with van der Waals surface area (Å²) < 4.78 is 28.0. The summed E-state index contributed by atoms with van der Waals surface area (Å²) in [4.78, 5) is 11.4. The van der Waals surface area contributed by atoms with Gasteiger partial charge in [-0.1, -0.05) is 11.6 Å². The minimum atomic E-state index is -3.64. The minimum Gasteiger partial charge on any atom is -0.356 e. The van der Waals surface area contributed by atoms with E-state index in [4.69, 9.17) is 11.6 Å². The van der Waals surface area contributed by atoms with Gasteiger partial charge in [-0.15, -0.1) is 0 Å². The van der Waals surface area contributed by atoms with Gasteiger partial charge in [-0.3, -0.25) is 9.48 Å². The third kappa shape index (κ3) is 2.45. The zero-order chi connectivity index (χ0) is 15.3. The molecule has 1 aromatic heterocycles. The fourth-order valence-corrected chi connectivity index (χ4v) is 5.16. The molecule has 0 saturated carbocycles. The fourth-order valence-electron chi connectivity index (χ4n) is 3.12. The van der Waals surface area contributed by atoms with E-state index in [1.165, 1.54) is 15.2 Å². The molecule has 1 aromatic rings. The molecule has 2 aliphatic rings. The first-order valence-electron chi connectivity index (χ1n) is 6.78. The lowest BCUT2D eigenvalue weighted by atomic mass is 9.78. The van der Waals surface area contributed by atoms with Crippen LogP contribution in [0.5, 0.6) is 0 Å². The first kappa shape index (κ1) is 14.8. The molecule has 2 aliphatic heterocycles. The van der Waals surface area contributed by atoms with Crippen LogP contribution in [0.4, 0.5) is 0 Å². The molecule has 0 radical (unpaired) electrons. The minimum absolute atomic E-state index is 0.0285. The summed E-state index contributed by atoms with van der Waals surface area (Å²) in [5.41, 5.74) is -0.0840. The molecule has 3 heterocycles. The van der Waals surface area contributed by atoms with Crippen molar-refractivity contribution >= 4 is 27.5 Å². The fraction of sp³-hybridized carbons (Fsp3) is 0.667. The van der Waals surface area contributed by atoms with Gasteiger partial charge < -0.3 is 5.32 Å². The lowest BCUT2D eigenvalue weighted by Crippen LogP contribution is -2.44. The van der Waals surface area contributed by atoms with Crippen LogP contribution in [-0.4, -0.2) is 48.0 Å². The third-order valence-corrected chi connectivity index (χ3v) is 6.81. The van der Waals surface area contributed by atoms with Crippen LogP contribution < -0.4 is 5.32 Å². The molecule has 9 heteroatoms. The van der Waals surface area contributed by atoms with Crippen LogP contribution in [-0.2, 0) is 21.9 Å². The van der Waals surface area contributed by atoms with Gasteiger partial charge in [0.2, 0.25) is 5.91 Å². The average Bonchev–Trinajstić information content (AvgIpc) is 2.94. The molecule has 3 rings (SSSR count). The van der Waals surface area contributed by atoms with Crippen LogP contribution in [0, 0.1) is 5.41 Å². The van der Waals surface area contributed by atoms with Gasteiger partial charge in [0, 0.05) is 33.1 Å². The summed E-state index contributed by atoms with van der Waals surface area (Å²) in [7, 11) is -2.08. The Morgan fingerprint density at radius 3 is 2.52 bits per heavy atom. The molecule has 0 unspecified atom stereocenters. The molecule has 2 saturated heterocycles. The summed E-state index contributed by atoms with van der Waals surface area (Å²) in [6.45, 7) is 1.45. The van der Waals surface area contributed by atoms with Gasteiger partial charge >= 0.3 is 0 Å². The van der Waals surface area contributed by atoms with E-state index in [-0.39, 0.29) is 21.4 Å². The summed E-state index contributed by atoms with van der Waals surface area (Å²) in [6.07, 6.45) is 3.19. The second kappa shape index (κ2) is 4.96. The smallest absolute Gasteiger partial charge is 0.261 e. The summed E-state index contributed by atoms with van der Waals surface area (Å²) in [5.74, 6) is 0.0565. The Morgan fingerprint density at radius 2 is 2.05 bits per heavy atom. The number of piperidine rings is 1. The van der Waals surface area contributed by atoms with E-state index in [0.29, 0.717) is 38.9 Å². The van der Waals surface area contributed by atoms with Gasteiger partial charge in [-0.25, -0.2) is 8.42 Å². The third-order valence-electron chi connectivity index (χ3n) is 4.41. The van der Waals surface area contributed by atoms with Crippen LogP contribution in [0.2, 0.25) is 5.02 Å². The van der Waals surface area contributed by atoms with E-state index in [9.17, 15) is 13.2 Å². The van der Waals surface area contributed by atoms with E-state index in [1.54, 1.807) is 7.05 Å². The Morgan fingerprint density at radius 1 is 1.38 bits per heavy atom. The lowest BCUT2D eigenvalue weighted by Gasteiger charge is -2.37. The highest BCUT2D eigenvalue weighted by molar-refractivity contribution is 7.89. The quantitative estimate of drug-likeness (QED) is 0.847. The van der Waals surface area contributed by atoms with Crippen molar-refractivity contribution in [2.45, 2.75) is 24.3 Å². The molecule has 21 heavy (non-hydrogen) atoms. The monoisotopic (exact) mass is 332 g/mol. The Labute approximate surface area is 128 Å². The molecule has 1 spiro atoms. The van der Waals surface area contributed by atoms with Crippen LogP contribution in [0.15, 0.2) is 11.2 Å². The van der Waals surface area contributed by atoms with Crippen LogP contribution >= 0.6 is 11.6 Å². The number of carbonyl (C=O) groups is 1. The second-order valence-electron chi connectivity index (χ2n) is 5.78. The number of carbonyl (C=O) groups excluding carboxylic acids is 1. The van der Waals surface area contributed by atoms with Gasteiger partial charge in [0.25, 0.3) is 10.0 Å². The van der Waals surface area contributed by atoms with Gasteiger partial charge in [-0.05, 0) is 18.3 Å². The Bertz CT molecular complexity index is 657. The van der Waals surface area contributed by atoms with E-state index >= 15 is 0 Å². The van der Waals surface area contributed by atoms with Crippen LogP contribution in [0.3, 0.4) is 0 Å². The first-order valence-corrected chi connectivity index (χ1v) is 8.60. The highest BCUT2D eigenvalue weighted by atomic mass is 35.5. The average molecular weight is 333 g/mol. The molecule has 0 bridgehead atoms. The number of nitrogens with zero attached hydrogens (tertiary/aromatic N) is 3. The zero-order valence-corrected chi connectivity index (χ0v) is 13.2. The number of hydrogen-bond donors (Lipinski definition) is 1. The lowest BCUT2D eigenvalue weighted by molar-refractivity contribution is -0.119. The molecule has 0 atom stereocenters. The normalized spacial score (nSPS) is 22.7. The maximum Gasteiger partial charge on any atom is 0.261 e. The zero-order valence-electron chi connectivity index (χ0n) is 11.7. The van der Waals surface area contributed by atoms with Crippen molar-refractivity contribution in [3.05, 3.63) is 11.2 Å². The number of hydrogen-bond acceptors (Lipinski definition) is 4. The van der Waals surface area contributed by atoms with Gasteiger partial charge in [0.1, 0.15) is 0 Å². The second-order valence-corrected chi connectivity index (χ2v) is 8.04. The highest BCUT2D eigenvalue weighted by Crippen LogP contribution is 2.39. The van der Waals surface area contributed by atoms with Crippen molar-refractivity contribution in [3.63, 3.8) is 0 Å². The standard InChI is InChI=1S/C12H17ClN4O3S/c1-16-11(9(13)7-15-16)21(19,20)17-4-2-12(3-5-17)6-10(18)14-8-12/h7H,2-6,8H2,1H3,(H,14,18). The van der Waals surface area contributed by atoms with E-state index in [2.05, 4.69) is 10.4 Å². The summed E-state index contributed by atoms with van der Waals surface area (Å²) >= 11 is 5.94. The predicted molar refractivity (Wildman–Crippen MR) is 76.3 cm³/mol. The van der Waals surface area contributed by atoms with Gasteiger partial charge in [0.05, 0.1) is 11.2 Å². The van der Waals surface area contributed by atoms with Crippen LogP contribution in [0.25, 0.3) is 0 Å². The highest BCUT2D eigenvalue weighted by Gasteiger charge is 2.44. The van der Waals surface area contributed by atoms with E-state index < -0.39 is 10.0 Å². The van der Waals surface area contributed by atoms with Crippen molar-refractivity contribution in [3.8, 4) is 0 Å². The maximum atomic E-state index is 12.7. The number of amides is 1. The van der Waals surface area contributed by atoms with E-state index in [0.717, 1.165) is 0 Å². The molecule has 0 aliphatic carbocycles. The number of sulfonamides is 1. The number of halogens is 1. The van der Waals surface area contributed by atoms with Gasteiger partial charge in [-0.2, -0.15) is 9.40 Å². The summed E-state index contributed by atoms with van der Waals surface area (Å²) in [6, 6.07) is 0. The Balaban J connectivity index is 1.79. The SMILES string of the molecule is Cn1ncc(Cl)c1S(=O)(=O)N1CCC2(CC1)CNC(=O)C2. The van der Waals surface area contributed by atoms with Crippen molar-refractivity contribution < 1.29 is 13.2 Å². The van der Waals surface area contributed by atoms with Crippen molar-refractivity contribution in [1.82, 2.24) is 19.4 Å². The number of rotatable bonds is 2. The molecule has 116 valence electrons. The largest absolute Gasteiger partial charge is 0.356 e. The molecule has 2 fully saturated rings. The molecular weight excluding hydrogens is 316 g/mol. The topological polar surface area (TPSA) is 84.3 Å². The van der Waals surface area contributed by atoms with Gasteiger partial charge in [0.15, 0.2) is 5.03 Å². The number of aromatic nitrogens is 2. The molecule has 1 amide bonds. The maximum absolute atomic E-state index is 12.7. The Kier molecular flexibility index (Phi) is 3.50. The molecule has 7 nitrogen and oxygen atoms in total. The van der Waals surface area contributed by atoms with Crippen molar-refractivity contribution in [1.29, 1.82) is 0 Å². The molecule has 1 N–H and O–H groups in total. The Hall–Kier alpha value is -1.12. The number of aryl methyl sites for hydroxylation is 1. The predicted octanol–water partition coefficient (Wildman–Crippen LogP) is 0.364. The van der Waals surface area contributed by atoms with Crippen LogP contribution in [0.1, 0.15) is 19.3 Å². The molecular formula is C12H17ClN4O3S. The van der Waals surface area contributed by atoms with Crippen molar-refractivity contribution in [2.75, 3.05) is 19.6 Å². The summed E-state index contributed by atoms with van der Waals surface area (Å²) in [5, 5.41) is 6.88. The van der Waals surface area contributed by atoms with E-state index in [1.807, 2.05) is 0 Å². The molecule has 0 aromatic carbocycles. The van der Waals surface area contributed by atoms with Crippen molar-refractivity contribution in [2.24, 2.45) is 12.5 Å².